The van der Waals surface area contributed by atoms with Crippen molar-refractivity contribution in [3.05, 3.63) is 65.9 Å². The highest BCUT2D eigenvalue weighted by molar-refractivity contribution is 6.59. The second-order valence-corrected chi connectivity index (χ2v) is 7.19. The molecule has 0 spiro atoms. The Morgan fingerprint density at radius 3 is 2.56 bits per heavy atom. The van der Waals surface area contributed by atoms with E-state index in [1.807, 2.05) is 36.4 Å². The van der Waals surface area contributed by atoms with Gasteiger partial charge in [0, 0.05) is 22.4 Å². The van der Waals surface area contributed by atoms with Gasteiger partial charge in [0.2, 0.25) is 0 Å². The molecule has 2 aromatic carbocycles. The fourth-order valence-corrected chi connectivity index (χ4v) is 4.20. The Bertz CT molecular complexity index is 1160. The summed E-state index contributed by atoms with van der Waals surface area (Å²) in [4.78, 5) is 4.62. The summed E-state index contributed by atoms with van der Waals surface area (Å²) in [6, 6.07) is 16.1. The number of fused-ring (bicyclic) bond motifs is 5. The van der Waals surface area contributed by atoms with E-state index in [0.717, 1.165) is 33.2 Å². The van der Waals surface area contributed by atoms with Gasteiger partial charge in [-0.2, -0.15) is 0 Å². The highest BCUT2D eigenvalue weighted by Crippen LogP contribution is 2.46. The zero-order valence-electron chi connectivity index (χ0n) is 14.1. The van der Waals surface area contributed by atoms with Crippen LogP contribution in [-0.2, 0) is 5.41 Å². The molecule has 4 aromatic rings. The predicted octanol–water partition coefficient (Wildman–Crippen LogP) is 2.50. The Kier molecular flexibility index (Phi) is 2.77. The number of hydrogen-bond donors (Lipinski definition) is 2. The third-order valence-electron chi connectivity index (χ3n) is 5.43. The van der Waals surface area contributed by atoms with Crippen molar-refractivity contribution in [1.82, 2.24) is 9.55 Å². The monoisotopic (exact) mass is 328 g/mol. The molecule has 5 heteroatoms. The number of nitrogens with zero attached hydrogens (tertiary/aromatic N) is 2. The van der Waals surface area contributed by atoms with Gasteiger partial charge in [-0.05, 0) is 34.8 Å². The lowest BCUT2D eigenvalue weighted by Crippen LogP contribution is -2.33. The third kappa shape index (κ3) is 1.77. The number of para-hydroxylation sites is 1. The zero-order chi connectivity index (χ0) is 17.3. The van der Waals surface area contributed by atoms with Crippen molar-refractivity contribution in [2.45, 2.75) is 19.3 Å². The molecule has 25 heavy (non-hydrogen) atoms. The maximum atomic E-state index is 9.80. The Hall–Kier alpha value is -2.63. The summed E-state index contributed by atoms with van der Waals surface area (Å²) in [7, 11) is -1.50. The molecular weight excluding hydrogens is 311 g/mol. The molecule has 2 aromatic heterocycles. The van der Waals surface area contributed by atoms with Crippen LogP contribution in [0, 0.1) is 0 Å². The van der Waals surface area contributed by atoms with Crippen molar-refractivity contribution in [1.29, 1.82) is 0 Å². The van der Waals surface area contributed by atoms with Crippen LogP contribution in [0.1, 0.15) is 25.0 Å². The SMILES string of the molecule is CC1(C)c2ccccc2-n2c3ncccc3c3cc(B(O)O)cc1c32. The maximum Gasteiger partial charge on any atom is 0.488 e. The van der Waals surface area contributed by atoms with Gasteiger partial charge in [-0.3, -0.25) is 4.57 Å². The van der Waals surface area contributed by atoms with Crippen molar-refractivity contribution in [2.75, 3.05) is 0 Å². The van der Waals surface area contributed by atoms with Gasteiger partial charge < -0.3 is 10.0 Å². The Morgan fingerprint density at radius 2 is 1.76 bits per heavy atom. The quantitative estimate of drug-likeness (QED) is 0.528. The molecule has 2 N–H and O–H groups in total. The highest BCUT2D eigenvalue weighted by atomic mass is 16.4. The molecule has 122 valence electrons. The number of aromatic nitrogens is 2. The van der Waals surface area contributed by atoms with Crippen molar-refractivity contribution in [2.24, 2.45) is 0 Å². The number of benzene rings is 2. The van der Waals surface area contributed by atoms with Crippen LogP contribution in [0.25, 0.3) is 27.6 Å². The lowest BCUT2D eigenvalue weighted by atomic mass is 9.70. The van der Waals surface area contributed by atoms with E-state index in [1.165, 1.54) is 5.56 Å². The highest BCUT2D eigenvalue weighted by Gasteiger charge is 2.36. The molecule has 0 unspecified atom stereocenters. The van der Waals surface area contributed by atoms with E-state index in [9.17, 15) is 10.0 Å². The second kappa shape index (κ2) is 4.72. The van der Waals surface area contributed by atoms with Crippen LogP contribution in [0.4, 0.5) is 0 Å². The first kappa shape index (κ1) is 14.7. The average molecular weight is 328 g/mol. The molecule has 0 radical (unpaired) electrons. The standard InChI is InChI=1S/C20H17BN2O2/c1-20(2)15-7-3-4-8-17(15)23-18-14(13-6-5-9-22-19(13)23)10-12(21(24)25)11-16(18)20/h3-11,24-25H,1-2H3. The Morgan fingerprint density at radius 1 is 0.960 bits per heavy atom. The fourth-order valence-electron chi connectivity index (χ4n) is 4.20. The minimum absolute atomic E-state index is 0.246. The predicted molar refractivity (Wildman–Crippen MR) is 101 cm³/mol. The summed E-state index contributed by atoms with van der Waals surface area (Å²) < 4.78 is 2.20. The summed E-state index contributed by atoms with van der Waals surface area (Å²) in [6.45, 7) is 4.37. The van der Waals surface area contributed by atoms with E-state index >= 15 is 0 Å². The molecule has 0 fully saturated rings. The summed E-state index contributed by atoms with van der Waals surface area (Å²) in [5.41, 5.74) is 5.69. The van der Waals surface area contributed by atoms with Crippen LogP contribution in [-0.4, -0.2) is 26.7 Å². The molecule has 3 heterocycles. The van der Waals surface area contributed by atoms with Gasteiger partial charge in [-0.25, -0.2) is 4.98 Å². The van der Waals surface area contributed by atoms with Gasteiger partial charge in [0.05, 0.1) is 11.2 Å². The van der Waals surface area contributed by atoms with E-state index in [4.69, 9.17) is 0 Å². The topological polar surface area (TPSA) is 58.3 Å². The smallest absolute Gasteiger partial charge is 0.423 e. The normalized spacial score (nSPS) is 14.7. The summed E-state index contributed by atoms with van der Waals surface area (Å²) in [6.07, 6.45) is 1.80. The first-order valence-corrected chi connectivity index (χ1v) is 8.40. The first-order chi connectivity index (χ1) is 12.0. The van der Waals surface area contributed by atoms with E-state index in [2.05, 4.69) is 35.5 Å². The molecule has 0 aliphatic carbocycles. The van der Waals surface area contributed by atoms with Crippen molar-refractivity contribution in [3.8, 4) is 5.69 Å². The molecule has 0 atom stereocenters. The van der Waals surface area contributed by atoms with Gasteiger partial charge in [0.15, 0.2) is 0 Å². The number of pyridine rings is 1. The van der Waals surface area contributed by atoms with Gasteiger partial charge in [0.1, 0.15) is 5.65 Å². The van der Waals surface area contributed by atoms with Crippen molar-refractivity contribution < 1.29 is 10.0 Å². The number of hydrogen-bond acceptors (Lipinski definition) is 3. The number of rotatable bonds is 1. The van der Waals surface area contributed by atoms with Crippen LogP contribution in [0.15, 0.2) is 54.7 Å². The van der Waals surface area contributed by atoms with Gasteiger partial charge >= 0.3 is 7.12 Å². The lowest BCUT2D eigenvalue weighted by molar-refractivity contribution is 0.425. The van der Waals surface area contributed by atoms with Crippen molar-refractivity contribution in [3.63, 3.8) is 0 Å². The van der Waals surface area contributed by atoms with Gasteiger partial charge in [-0.1, -0.05) is 44.2 Å². The summed E-state index contributed by atoms with van der Waals surface area (Å²) >= 11 is 0. The van der Waals surface area contributed by atoms with Crippen LogP contribution >= 0.6 is 0 Å². The molecule has 0 bridgehead atoms. The molecule has 4 nitrogen and oxygen atoms in total. The molecule has 1 aliphatic rings. The summed E-state index contributed by atoms with van der Waals surface area (Å²) in [5.74, 6) is 0. The third-order valence-corrected chi connectivity index (χ3v) is 5.43. The van der Waals surface area contributed by atoms with Gasteiger partial charge in [0.25, 0.3) is 0 Å². The fraction of sp³-hybridized carbons (Fsp3) is 0.150. The van der Waals surface area contributed by atoms with E-state index in [0.29, 0.717) is 5.46 Å². The van der Waals surface area contributed by atoms with Crippen LogP contribution < -0.4 is 5.46 Å². The Labute approximate surface area is 145 Å². The molecule has 0 saturated heterocycles. The van der Waals surface area contributed by atoms with Crippen LogP contribution in [0.2, 0.25) is 0 Å². The molecule has 5 rings (SSSR count). The lowest BCUT2D eigenvalue weighted by Gasteiger charge is -2.34. The molecule has 1 aliphatic heterocycles. The molecule has 0 amide bonds. The molecular formula is C20H17BN2O2. The largest absolute Gasteiger partial charge is 0.488 e. The second-order valence-electron chi connectivity index (χ2n) is 7.19. The van der Waals surface area contributed by atoms with Crippen molar-refractivity contribution >= 4 is 34.5 Å². The maximum absolute atomic E-state index is 9.80. The van der Waals surface area contributed by atoms with Crippen LogP contribution in [0.3, 0.4) is 0 Å². The van der Waals surface area contributed by atoms with E-state index in [-0.39, 0.29) is 5.41 Å². The minimum atomic E-state index is -1.50. The first-order valence-electron chi connectivity index (χ1n) is 8.40. The summed E-state index contributed by atoms with van der Waals surface area (Å²) in [5, 5.41) is 21.6. The zero-order valence-corrected chi connectivity index (χ0v) is 14.1. The minimum Gasteiger partial charge on any atom is -0.423 e. The van der Waals surface area contributed by atoms with Gasteiger partial charge in [-0.15, -0.1) is 0 Å². The Balaban J connectivity index is 2.10. The average Bonchev–Trinajstić information content (AvgIpc) is 2.94. The molecule has 0 saturated carbocycles. The van der Waals surface area contributed by atoms with E-state index < -0.39 is 7.12 Å². The van der Waals surface area contributed by atoms with Crippen LogP contribution in [0.5, 0.6) is 0 Å². The van der Waals surface area contributed by atoms with E-state index in [1.54, 1.807) is 6.20 Å².